The Hall–Kier alpha value is -1.07. The van der Waals surface area contributed by atoms with E-state index in [4.69, 9.17) is 4.74 Å². The maximum absolute atomic E-state index is 11.5. The van der Waals surface area contributed by atoms with E-state index in [0.717, 1.165) is 37.1 Å². The van der Waals surface area contributed by atoms with Crippen LogP contribution in [0.3, 0.4) is 0 Å². The number of ether oxygens (including phenoxy) is 1. The Morgan fingerprint density at radius 3 is 2.40 bits per heavy atom. The van der Waals surface area contributed by atoms with Gasteiger partial charge in [0.25, 0.3) is 0 Å². The van der Waals surface area contributed by atoms with E-state index in [1.807, 2.05) is 4.90 Å². The van der Waals surface area contributed by atoms with Crippen molar-refractivity contribution in [2.24, 2.45) is 11.8 Å². The van der Waals surface area contributed by atoms with Gasteiger partial charge in [-0.1, -0.05) is 15.9 Å². The SMILES string of the molecule is CC(=O)N1CCC(CCCN2CCC(Cc3cc(OC(C)C)ccc3Br)CC2)CC1. The van der Waals surface area contributed by atoms with Gasteiger partial charge in [-0.15, -0.1) is 0 Å². The van der Waals surface area contributed by atoms with Crippen LogP contribution in [0.2, 0.25) is 0 Å². The van der Waals surface area contributed by atoms with Gasteiger partial charge in [0.1, 0.15) is 5.75 Å². The van der Waals surface area contributed by atoms with Crippen LogP contribution < -0.4 is 4.74 Å². The van der Waals surface area contributed by atoms with Crippen molar-refractivity contribution >= 4 is 21.8 Å². The number of amides is 1. The monoisotopic (exact) mass is 478 g/mol. The third-order valence-electron chi connectivity index (χ3n) is 6.75. The average Bonchev–Trinajstić information content (AvgIpc) is 2.72. The standard InChI is InChI=1S/C25H39BrN2O2/c1-19(2)30-24-6-7-25(26)23(18-24)17-22-8-13-27(14-9-22)12-4-5-21-10-15-28(16-11-21)20(3)29/h6-7,18-19,21-22H,4-5,8-17H2,1-3H3. The van der Waals surface area contributed by atoms with Gasteiger partial charge in [0.15, 0.2) is 0 Å². The van der Waals surface area contributed by atoms with Crippen LogP contribution in [0, 0.1) is 11.8 Å². The van der Waals surface area contributed by atoms with E-state index in [1.165, 1.54) is 68.2 Å². The molecule has 0 unspecified atom stereocenters. The Labute approximate surface area is 191 Å². The molecule has 30 heavy (non-hydrogen) atoms. The maximum Gasteiger partial charge on any atom is 0.219 e. The molecule has 1 amide bonds. The first kappa shape index (κ1) is 23.6. The number of piperidine rings is 2. The van der Waals surface area contributed by atoms with E-state index in [-0.39, 0.29) is 12.0 Å². The summed E-state index contributed by atoms with van der Waals surface area (Å²) in [5.41, 5.74) is 1.38. The molecule has 2 fully saturated rings. The van der Waals surface area contributed by atoms with Crippen molar-refractivity contribution in [2.75, 3.05) is 32.7 Å². The Morgan fingerprint density at radius 2 is 1.77 bits per heavy atom. The highest BCUT2D eigenvalue weighted by Gasteiger charge is 2.22. The van der Waals surface area contributed by atoms with Gasteiger partial charge in [-0.05, 0) is 114 Å². The van der Waals surface area contributed by atoms with Gasteiger partial charge >= 0.3 is 0 Å². The molecule has 0 aliphatic carbocycles. The van der Waals surface area contributed by atoms with Crippen molar-refractivity contribution in [3.8, 4) is 5.75 Å². The molecule has 0 aromatic heterocycles. The summed E-state index contributed by atoms with van der Waals surface area (Å²) in [6, 6.07) is 6.40. The highest BCUT2D eigenvalue weighted by atomic mass is 79.9. The number of hydrogen-bond donors (Lipinski definition) is 0. The van der Waals surface area contributed by atoms with E-state index in [2.05, 4.69) is 52.9 Å². The minimum absolute atomic E-state index is 0.212. The molecule has 2 saturated heterocycles. The molecule has 2 aliphatic heterocycles. The predicted octanol–water partition coefficient (Wildman–Crippen LogP) is 5.53. The average molecular weight is 480 g/mol. The zero-order chi connectivity index (χ0) is 21.5. The van der Waals surface area contributed by atoms with Crippen LogP contribution in [-0.2, 0) is 11.2 Å². The summed E-state index contributed by atoms with van der Waals surface area (Å²) in [7, 11) is 0. The zero-order valence-electron chi connectivity index (χ0n) is 19.0. The molecule has 1 aromatic carbocycles. The van der Waals surface area contributed by atoms with Crippen LogP contribution in [0.4, 0.5) is 0 Å². The van der Waals surface area contributed by atoms with Gasteiger partial charge in [-0.2, -0.15) is 0 Å². The van der Waals surface area contributed by atoms with E-state index in [1.54, 1.807) is 6.92 Å². The van der Waals surface area contributed by atoms with Crippen molar-refractivity contribution in [3.63, 3.8) is 0 Å². The lowest BCUT2D eigenvalue weighted by Gasteiger charge is -2.34. The molecule has 0 spiro atoms. The van der Waals surface area contributed by atoms with E-state index >= 15 is 0 Å². The molecular weight excluding hydrogens is 440 g/mol. The normalized spacial score (nSPS) is 19.4. The minimum Gasteiger partial charge on any atom is -0.491 e. The molecule has 2 heterocycles. The summed E-state index contributed by atoms with van der Waals surface area (Å²) in [5, 5.41) is 0. The number of likely N-dealkylation sites (tertiary alicyclic amines) is 2. The van der Waals surface area contributed by atoms with Crippen molar-refractivity contribution in [3.05, 3.63) is 28.2 Å². The van der Waals surface area contributed by atoms with Crippen molar-refractivity contribution in [1.29, 1.82) is 0 Å². The van der Waals surface area contributed by atoms with Crippen LogP contribution in [0.1, 0.15) is 64.9 Å². The number of rotatable bonds is 8. The third kappa shape index (κ3) is 7.26. The fraction of sp³-hybridized carbons (Fsp3) is 0.720. The second-order valence-electron chi connectivity index (χ2n) is 9.50. The minimum atomic E-state index is 0.212. The van der Waals surface area contributed by atoms with Crippen molar-refractivity contribution in [1.82, 2.24) is 9.80 Å². The smallest absolute Gasteiger partial charge is 0.219 e. The molecule has 5 heteroatoms. The second kappa shape index (κ2) is 11.5. The molecular formula is C25H39BrN2O2. The predicted molar refractivity (Wildman–Crippen MR) is 127 cm³/mol. The lowest BCUT2D eigenvalue weighted by molar-refractivity contribution is -0.130. The lowest BCUT2D eigenvalue weighted by Crippen LogP contribution is -2.37. The van der Waals surface area contributed by atoms with Gasteiger partial charge in [-0.3, -0.25) is 4.79 Å². The lowest BCUT2D eigenvalue weighted by atomic mass is 9.89. The van der Waals surface area contributed by atoms with E-state index < -0.39 is 0 Å². The molecule has 1 aromatic rings. The maximum atomic E-state index is 11.5. The van der Waals surface area contributed by atoms with Gasteiger partial charge in [0, 0.05) is 24.5 Å². The summed E-state index contributed by atoms with van der Waals surface area (Å²) in [4.78, 5) is 16.1. The summed E-state index contributed by atoms with van der Waals surface area (Å²) in [5.74, 6) is 2.80. The van der Waals surface area contributed by atoms with E-state index in [0.29, 0.717) is 0 Å². The Kier molecular flexibility index (Phi) is 9.06. The topological polar surface area (TPSA) is 32.8 Å². The van der Waals surface area contributed by atoms with Gasteiger partial charge in [0.05, 0.1) is 6.10 Å². The van der Waals surface area contributed by atoms with Crippen LogP contribution in [0.5, 0.6) is 5.75 Å². The van der Waals surface area contributed by atoms with Crippen LogP contribution in [0.15, 0.2) is 22.7 Å². The molecule has 4 nitrogen and oxygen atoms in total. The zero-order valence-corrected chi connectivity index (χ0v) is 20.6. The van der Waals surface area contributed by atoms with Gasteiger partial charge in [0.2, 0.25) is 5.91 Å². The first-order valence-electron chi connectivity index (χ1n) is 11.8. The molecule has 0 atom stereocenters. The summed E-state index contributed by atoms with van der Waals surface area (Å²) in [6.45, 7) is 11.5. The number of carbonyl (C=O) groups is 1. The number of hydrogen-bond acceptors (Lipinski definition) is 3. The first-order chi connectivity index (χ1) is 14.4. The third-order valence-corrected chi connectivity index (χ3v) is 7.52. The molecule has 0 N–H and O–H groups in total. The molecule has 3 rings (SSSR count). The highest BCUT2D eigenvalue weighted by Crippen LogP contribution is 2.29. The van der Waals surface area contributed by atoms with Crippen LogP contribution in [-0.4, -0.2) is 54.5 Å². The number of benzene rings is 1. The fourth-order valence-electron chi connectivity index (χ4n) is 4.92. The summed E-state index contributed by atoms with van der Waals surface area (Å²) < 4.78 is 7.08. The first-order valence-corrected chi connectivity index (χ1v) is 12.6. The molecule has 168 valence electrons. The largest absolute Gasteiger partial charge is 0.491 e. The molecule has 0 saturated carbocycles. The van der Waals surface area contributed by atoms with Gasteiger partial charge < -0.3 is 14.5 Å². The fourth-order valence-corrected chi connectivity index (χ4v) is 5.33. The Morgan fingerprint density at radius 1 is 1.10 bits per heavy atom. The summed E-state index contributed by atoms with van der Waals surface area (Å²) >= 11 is 3.73. The molecule has 0 bridgehead atoms. The van der Waals surface area contributed by atoms with Crippen LogP contribution >= 0.6 is 15.9 Å². The van der Waals surface area contributed by atoms with Crippen molar-refractivity contribution in [2.45, 2.75) is 71.8 Å². The second-order valence-corrected chi connectivity index (χ2v) is 10.4. The van der Waals surface area contributed by atoms with Crippen LogP contribution in [0.25, 0.3) is 0 Å². The Balaban J connectivity index is 1.35. The quantitative estimate of drug-likeness (QED) is 0.492. The van der Waals surface area contributed by atoms with Gasteiger partial charge in [-0.25, -0.2) is 0 Å². The number of halogens is 1. The number of nitrogens with zero attached hydrogens (tertiary/aromatic N) is 2. The molecule has 2 aliphatic rings. The summed E-state index contributed by atoms with van der Waals surface area (Å²) in [6.07, 6.45) is 8.93. The number of carbonyl (C=O) groups excluding carboxylic acids is 1. The highest BCUT2D eigenvalue weighted by molar-refractivity contribution is 9.10. The Bertz CT molecular complexity index is 678. The molecule has 0 radical (unpaired) electrons. The van der Waals surface area contributed by atoms with E-state index in [9.17, 15) is 4.79 Å². The van der Waals surface area contributed by atoms with Crippen molar-refractivity contribution < 1.29 is 9.53 Å².